The summed E-state index contributed by atoms with van der Waals surface area (Å²) in [5.74, 6) is -0.189. The first-order chi connectivity index (χ1) is 15.9. The van der Waals surface area contributed by atoms with E-state index < -0.39 is 37.3 Å². The third kappa shape index (κ3) is 5.13. The van der Waals surface area contributed by atoms with Gasteiger partial charge in [-0.1, -0.05) is 24.3 Å². The number of esters is 1. The standard InChI is InChI=1S/C24H24O9/c25-11-19-21(28)22(29)23(30)24(33-19)32-17-7-5-15(6-8-17)18(26)9-13-1-3-14(4-2-13)16-10-20(27)31-12-16/h1-8,10,19,21-25,28-30H,9,11-12H2/t19-,21-,22+,23-,24-/m1/s1. The topological polar surface area (TPSA) is 143 Å². The SMILES string of the molecule is O=C1C=C(c2ccc(CC(=O)c3ccc(O[C@@H]4O[C@H](CO)[C@@H](O)[C@H](O)[C@H]4O)cc3)cc2)CO1. The number of hydrogen-bond donors (Lipinski definition) is 4. The van der Waals surface area contributed by atoms with Crippen LogP contribution in [0.3, 0.4) is 0 Å². The van der Waals surface area contributed by atoms with E-state index in [-0.39, 0.29) is 30.5 Å². The molecule has 1 fully saturated rings. The Morgan fingerprint density at radius 3 is 2.27 bits per heavy atom. The van der Waals surface area contributed by atoms with Gasteiger partial charge in [0, 0.05) is 23.6 Å². The van der Waals surface area contributed by atoms with Crippen LogP contribution in [0.25, 0.3) is 5.57 Å². The normalized spacial score (nSPS) is 27.1. The summed E-state index contributed by atoms with van der Waals surface area (Å²) in [5, 5.41) is 39.0. The number of cyclic esters (lactones) is 1. The van der Waals surface area contributed by atoms with Crippen LogP contribution < -0.4 is 4.74 Å². The second-order valence-corrected chi connectivity index (χ2v) is 7.91. The largest absolute Gasteiger partial charge is 0.462 e. The number of Topliss-reactive ketones (excluding diaryl/α,β-unsaturated/α-hetero) is 1. The molecule has 0 saturated carbocycles. The van der Waals surface area contributed by atoms with Crippen LogP contribution in [0.4, 0.5) is 0 Å². The summed E-state index contributed by atoms with van der Waals surface area (Å²) in [6.07, 6.45) is -5.25. The summed E-state index contributed by atoms with van der Waals surface area (Å²) in [5.41, 5.74) is 2.94. The minimum absolute atomic E-state index is 0.110. The van der Waals surface area contributed by atoms with Gasteiger partial charge in [-0.05, 0) is 35.4 Å². The lowest BCUT2D eigenvalue weighted by atomic mass is 9.99. The van der Waals surface area contributed by atoms with Gasteiger partial charge in [0.15, 0.2) is 5.78 Å². The molecule has 0 aromatic heterocycles. The summed E-state index contributed by atoms with van der Waals surface area (Å²) in [4.78, 5) is 23.8. The lowest BCUT2D eigenvalue weighted by molar-refractivity contribution is -0.277. The molecule has 0 amide bonds. The van der Waals surface area contributed by atoms with Crippen molar-refractivity contribution in [1.82, 2.24) is 0 Å². The van der Waals surface area contributed by atoms with E-state index in [1.54, 1.807) is 12.1 Å². The van der Waals surface area contributed by atoms with E-state index in [2.05, 4.69) is 0 Å². The lowest BCUT2D eigenvalue weighted by Gasteiger charge is -2.39. The van der Waals surface area contributed by atoms with Gasteiger partial charge >= 0.3 is 5.97 Å². The number of ether oxygens (including phenoxy) is 3. The third-order valence-electron chi connectivity index (χ3n) is 5.63. The first-order valence-corrected chi connectivity index (χ1v) is 10.4. The van der Waals surface area contributed by atoms with Gasteiger partial charge in [-0.15, -0.1) is 0 Å². The van der Waals surface area contributed by atoms with Crippen molar-refractivity contribution in [3.8, 4) is 5.75 Å². The van der Waals surface area contributed by atoms with Crippen LogP contribution in [-0.2, 0) is 20.7 Å². The van der Waals surface area contributed by atoms with Crippen molar-refractivity contribution >= 4 is 17.3 Å². The minimum Gasteiger partial charge on any atom is -0.462 e. The van der Waals surface area contributed by atoms with E-state index in [1.807, 2.05) is 24.3 Å². The molecule has 5 atom stereocenters. The quantitative estimate of drug-likeness (QED) is 0.340. The second-order valence-electron chi connectivity index (χ2n) is 7.91. The summed E-state index contributed by atoms with van der Waals surface area (Å²) in [6.45, 7) is -0.308. The molecule has 2 heterocycles. The zero-order valence-electron chi connectivity index (χ0n) is 17.5. The Hall–Kier alpha value is -3.08. The van der Waals surface area contributed by atoms with Crippen LogP contribution in [0, 0.1) is 0 Å². The monoisotopic (exact) mass is 456 g/mol. The average Bonchev–Trinajstić information content (AvgIpc) is 3.26. The molecule has 0 bridgehead atoms. The van der Waals surface area contributed by atoms with E-state index >= 15 is 0 Å². The Kier molecular flexibility index (Phi) is 6.87. The fraction of sp³-hybridized carbons (Fsp3) is 0.333. The number of aliphatic hydroxyl groups is 4. The van der Waals surface area contributed by atoms with Gasteiger partial charge in [0.05, 0.1) is 6.61 Å². The van der Waals surface area contributed by atoms with Crippen LogP contribution in [0.2, 0.25) is 0 Å². The van der Waals surface area contributed by atoms with Crippen molar-refractivity contribution in [3.05, 3.63) is 71.3 Å². The van der Waals surface area contributed by atoms with Crippen LogP contribution in [0.1, 0.15) is 21.5 Å². The molecule has 4 N–H and O–H groups in total. The Balaban J connectivity index is 1.36. The minimum atomic E-state index is -1.54. The van der Waals surface area contributed by atoms with Gasteiger partial charge < -0.3 is 34.6 Å². The van der Waals surface area contributed by atoms with E-state index in [0.717, 1.165) is 16.7 Å². The highest BCUT2D eigenvalue weighted by molar-refractivity contribution is 5.98. The summed E-state index contributed by atoms with van der Waals surface area (Å²) < 4.78 is 15.8. The predicted octanol–water partition coefficient (Wildman–Crippen LogP) is 0.231. The van der Waals surface area contributed by atoms with Crippen molar-refractivity contribution in [1.29, 1.82) is 0 Å². The second kappa shape index (κ2) is 9.82. The van der Waals surface area contributed by atoms with E-state index in [9.17, 15) is 30.0 Å². The Morgan fingerprint density at radius 2 is 1.67 bits per heavy atom. The zero-order chi connectivity index (χ0) is 23.5. The number of benzene rings is 2. The van der Waals surface area contributed by atoms with E-state index in [4.69, 9.17) is 14.2 Å². The molecule has 2 aromatic carbocycles. The number of carbonyl (C=O) groups is 2. The number of aliphatic hydroxyl groups excluding tert-OH is 4. The number of ketones is 1. The number of hydrogen-bond acceptors (Lipinski definition) is 9. The van der Waals surface area contributed by atoms with Gasteiger partial charge in [-0.2, -0.15) is 0 Å². The highest BCUT2D eigenvalue weighted by Gasteiger charge is 2.44. The first kappa shape index (κ1) is 23.1. The molecule has 0 aliphatic carbocycles. The Bertz CT molecular complexity index is 1030. The number of carbonyl (C=O) groups excluding carboxylic acids is 2. The zero-order valence-corrected chi connectivity index (χ0v) is 17.5. The molecule has 4 rings (SSSR count). The van der Waals surface area contributed by atoms with Crippen LogP contribution in [0.15, 0.2) is 54.6 Å². The van der Waals surface area contributed by atoms with Crippen molar-refractivity contribution in [3.63, 3.8) is 0 Å². The molecule has 1 saturated heterocycles. The molecule has 2 aromatic rings. The van der Waals surface area contributed by atoms with Crippen LogP contribution >= 0.6 is 0 Å². The first-order valence-electron chi connectivity index (χ1n) is 10.4. The Labute approximate surface area is 189 Å². The molecular weight excluding hydrogens is 432 g/mol. The van der Waals surface area contributed by atoms with Gasteiger partial charge in [-0.25, -0.2) is 4.79 Å². The van der Waals surface area contributed by atoms with E-state index in [1.165, 1.54) is 18.2 Å². The molecule has 0 radical (unpaired) electrons. The maximum atomic E-state index is 12.6. The van der Waals surface area contributed by atoms with Crippen molar-refractivity contribution < 1.29 is 44.2 Å². The van der Waals surface area contributed by atoms with Crippen LogP contribution in [0.5, 0.6) is 5.75 Å². The van der Waals surface area contributed by atoms with E-state index in [0.29, 0.717) is 5.56 Å². The molecule has 33 heavy (non-hydrogen) atoms. The smallest absolute Gasteiger partial charge is 0.331 e. The highest BCUT2D eigenvalue weighted by Crippen LogP contribution is 2.25. The summed E-state index contributed by atoms with van der Waals surface area (Å²) in [6, 6.07) is 13.5. The summed E-state index contributed by atoms with van der Waals surface area (Å²) in [7, 11) is 0. The molecule has 2 aliphatic heterocycles. The number of rotatable bonds is 7. The maximum absolute atomic E-state index is 12.6. The van der Waals surface area contributed by atoms with Crippen molar-refractivity contribution in [2.45, 2.75) is 37.1 Å². The maximum Gasteiger partial charge on any atom is 0.331 e. The van der Waals surface area contributed by atoms with Crippen LogP contribution in [-0.4, -0.2) is 76.1 Å². The summed E-state index contributed by atoms with van der Waals surface area (Å²) >= 11 is 0. The molecular formula is C24H24O9. The average molecular weight is 456 g/mol. The molecule has 0 spiro atoms. The molecule has 9 heteroatoms. The highest BCUT2D eigenvalue weighted by atomic mass is 16.7. The Morgan fingerprint density at radius 1 is 0.970 bits per heavy atom. The van der Waals surface area contributed by atoms with Crippen molar-refractivity contribution in [2.24, 2.45) is 0 Å². The lowest BCUT2D eigenvalue weighted by Crippen LogP contribution is -2.60. The molecule has 0 unspecified atom stereocenters. The molecule has 174 valence electrons. The third-order valence-corrected chi connectivity index (χ3v) is 5.63. The van der Waals surface area contributed by atoms with Gasteiger partial charge in [0.2, 0.25) is 6.29 Å². The molecule has 9 nitrogen and oxygen atoms in total. The van der Waals surface area contributed by atoms with Gasteiger partial charge in [0.1, 0.15) is 36.8 Å². The van der Waals surface area contributed by atoms with Gasteiger partial charge in [0.25, 0.3) is 0 Å². The predicted molar refractivity (Wildman–Crippen MR) is 114 cm³/mol. The molecule has 2 aliphatic rings. The fourth-order valence-electron chi connectivity index (χ4n) is 3.68. The fourth-order valence-corrected chi connectivity index (χ4v) is 3.68. The van der Waals surface area contributed by atoms with Crippen molar-refractivity contribution in [2.75, 3.05) is 13.2 Å². The van der Waals surface area contributed by atoms with Gasteiger partial charge in [-0.3, -0.25) is 4.79 Å².